The number of aryl methyl sites for hydroxylation is 3. The van der Waals surface area contributed by atoms with E-state index in [4.69, 9.17) is 0 Å². The molecule has 0 atom stereocenters. The summed E-state index contributed by atoms with van der Waals surface area (Å²) in [6, 6.07) is 17.9. The maximum atomic E-state index is 13.7. The molecule has 0 aliphatic heterocycles. The van der Waals surface area contributed by atoms with E-state index in [2.05, 4.69) is 26.6 Å². The third kappa shape index (κ3) is 12.8. The van der Waals surface area contributed by atoms with Crippen molar-refractivity contribution < 1.29 is 67.3 Å². The molecule has 2 aromatic carbocycles. The Morgan fingerprint density at radius 2 is 0.938 bits per heavy atom. The summed E-state index contributed by atoms with van der Waals surface area (Å²) in [5.74, 6) is -2.01. The largest absolute Gasteiger partial charge is 1.00 e. The second-order valence-corrected chi connectivity index (χ2v) is 17.3. The molecule has 0 saturated carbocycles. The van der Waals surface area contributed by atoms with Gasteiger partial charge in [-0.25, -0.2) is 0 Å². The van der Waals surface area contributed by atoms with Crippen LogP contribution in [0.5, 0.6) is 0 Å². The highest BCUT2D eigenvalue weighted by atomic mass is 35.5. The van der Waals surface area contributed by atoms with Crippen molar-refractivity contribution >= 4 is 58.2 Å². The maximum Gasteiger partial charge on any atom is 0.279 e. The predicted molar refractivity (Wildman–Crippen MR) is 239 cm³/mol. The molecule has 0 spiro atoms. The van der Waals surface area contributed by atoms with E-state index in [1.165, 1.54) is 24.3 Å². The van der Waals surface area contributed by atoms with E-state index in [0.29, 0.717) is 82.1 Å². The standard InChI is InChI=1S/C46H54N10O7.2ClH/c1-52-20-8-12-37(52)44(61)47-18-10-22-55(4,5)28-40(57)49-30-14-16-33-35(24-30)42(59)34-17-15-31(25-36(34)43(33)60)50-41(58)29-56(6,7)23-11-19-48-45(62)39-26-32(27-54(39)3)51-46(63)38-13-9-21-53(38)2;;/h8-9,12-17,20-21,24-27H,10-11,18-19,22-23,28-29H2,1-7H3,(H3-2,47,48,49,50,51,57,58,59,60,61,62,63);2*1H. The van der Waals surface area contributed by atoms with Gasteiger partial charge in [0.25, 0.3) is 29.5 Å². The first kappa shape index (κ1) is 51.1. The number of nitrogens with zero attached hydrogens (tertiary/aromatic N) is 5. The minimum atomic E-state index is -0.368. The number of quaternary nitrogens is 2. The minimum absolute atomic E-state index is 0. The summed E-state index contributed by atoms with van der Waals surface area (Å²) in [6.45, 7) is 2.29. The molecule has 1 aliphatic rings. The summed E-state index contributed by atoms with van der Waals surface area (Å²) in [5, 5.41) is 14.4. The van der Waals surface area contributed by atoms with Crippen molar-refractivity contribution in [2.45, 2.75) is 12.8 Å². The number of likely N-dealkylation sites (N-methyl/N-ethyl adjacent to an activating group) is 2. The second kappa shape index (κ2) is 21.4. The molecule has 0 bridgehead atoms. The van der Waals surface area contributed by atoms with Gasteiger partial charge < -0.3 is 74.1 Å². The first-order valence-electron chi connectivity index (χ1n) is 20.7. The molecule has 3 aromatic heterocycles. The minimum Gasteiger partial charge on any atom is -1.00 e. The number of amides is 5. The fourth-order valence-electron chi connectivity index (χ4n) is 7.69. The number of carbonyl (C=O) groups excluding carboxylic acids is 7. The van der Waals surface area contributed by atoms with Crippen molar-refractivity contribution in [1.29, 1.82) is 0 Å². The first-order chi connectivity index (χ1) is 29.8. The van der Waals surface area contributed by atoms with Gasteiger partial charge in [-0.3, -0.25) is 33.6 Å². The molecule has 0 fully saturated rings. The number of nitrogens with one attached hydrogen (secondary N) is 5. The van der Waals surface area contributed by atoms with Gasteiger partial charge in [0.2, 0.25) is 0 Å². The fraction of sp³-hybridized carbons (Fsp3) is 0.326. The number of aromatic nitrogens is 3. The molecule has 5 aromatic rings. The molecule has 17 nitrogen and oxygen atoms in total. The molecule has 0 radical (unpaired) electrons. The molecule has 0 unspecified atom stereocenters. The Balaban J connectivity index is 0.00000462. The normalized spacial score (nSPS) is 11.9. The van der Waals surface area contributed by atoms with Gasteiger partial charge in [-0.05, 0) is 66.7 Å². The number of anilines is 3. The van der Waals surface area contributed by atoms with Gasteiger partial charge in [0.1, 0.15) is 17.1 Å². The van der Waals surface area contributed by atoms with Gasteiger partial charge in [0.05, 0.1) is 47.0 Å². The van der Waals surface area contributed by atoms with Crippen molar-refractivity contribution in [2.75, 3.05) is 83.4 Å². The van der Waals surface area contributed by atoms with Crippen LogP contribution in [0.3, 0.4) is 0 Å². The molecule has 5 N–H and O–H groups in total. The third-order valence-electron chi connectivity index (χ3n) is 11.0. The van der Waals surface area contributed by atoms with E-state index in [1.54, 1.807) is 76.6 Å². The number of carbonyl (C=O) groups is 7. The second-order valence-electron chi connectivity index (χ2n) is 17.3. The summed E-state index contributed by atoms with van der Waals surface area (Å²) >= 11 is 0. The van der Waals surface area contributed by atoms with Crippen LogP contribution >= 0.6 is 0 Å². The van der Waals surface area contributed by atoms with Crippen LogP contribution in [0.4, 0.5) is 17.1 Å². The number of benzene rings is 2. The predicted octanol–water partition coefficient (Wildman–Crippen LogP) is -2.59. The number of ketones is 2. The average molecular weight is 932 g/mol. The number of hydrogen-bond acceptors (Lipinski definition) is 7. The highest BCUT2D eigenvalue weighted by Gasteiger charge is 2.31. The molecule has 0 saturated heterocycles. The summed E-state index contributed by atoms with van der Waals surface area (Å²) in [7, 11) is 13.0. The molecule has 3 heterocycles. The smallest absolute Gasteiger partial charge is 0.279 e. The Kier molecular flexibility index (Phi) is 16.9. The zero-order chi connectivity index (χ0) is 45.6. The van der Waals surface area contributed by atoms with Crippen LogP contribution in [0, 0.1) is 0 Å². The Labute approximate surface area is 390 Å². The van der Waals surface area contributed by atoms with E-state index in [1.807, 2.05) is 47.5 Å². The van der Waals surface area contributed by atoms with Crippen LogP contribution in [0.15, 0.2) is 85.3 Å². The SMILES string of the molecule is Cn1cccc1C(=O)NCCC[N+](C)(C)CC(=O)Nc1ccc2c(c1)C(=O)c1ccc(NC(=O)C[N+](C)(C)CCCNC(=O)c3cc(NC(=O)c4cccn4C)cn3C)cc1C2=O.[Cl-].[Cl-]. The van der Waals surface area contributed by atoms with E-state index >= 15 is 0 Å². The highest BCUT2D eigenvalue weighted by Crippen LogP contribution is 2.31. The van der Waals surface area contributed by atoms with Crippen LogP contribution in [0.2, 0.25) is 0 Å². The fourth-order valence-corrected chi connectivity index (χ4v) is 7.69. The van der Waals surface area contributed by atoms with Crippen molar-refractivity contribution in [3.05, 3.63) is 125 Å². The van der Waals surface area contributed by atoms with Gasteiger partial charge in [-0.1, -0.05) is 0 Å². The molecule has 6 rings (SSSR count). The van der Waals surface area contributed by atoms with E-state index < -0.39 is 0 Å². The summed E-state index contributed by atoms with van der Waals surface area (Å²) in [6.07, 6.45) is 6.51. The monoisotopic (exact) mass is 930 g/mol. The van der Waals surface area contributed by atoms with Gasteiger partial charge in [0.15, 0.2) is 24.7 Å². The van der Waals surface area contributed by atoms with Crippen LogP contribution in [-0.2, 0) is 30.7 Å². The Bertz CT molecular complexity index is 2610. The maximum absolute atomic E-state index is 13.7. The highest BCUT2D eigenvalue weighted by molar-refractivity contribution is 6.29. The molecule has 346 valence electrons. The average Bonchev–Trinajstić information content (AvgIpc) is 3.95. The van der Waals surface area contributed by atoms with E-state index in [9.17, 15) is 33.6 Å². The molecule has 5 amide bonds. The van der Waals surface area contributed by atoms with Gasteiger partial charge in [-0.2, -0.15) is 0 Å². The topological polar surface area (TPSA) is 194 Å². The van der Waals surface area contributed by atoms with Crippen LogP contribution < -0.4 is 51.4 Å². The van der Waals surface area contributed by atoms with Crippen molar-refractivity contribution in [1.82, 2.24) is 24.3 Å². The molecular formula is C46H56Cl2N10O7. The van der Waals surface area contributed by atoms with Crippen LogP contribution in [-0.4, -0.2) is 131 Å². The lowest BCUT2D eigenvalue weighted by molar-refractivity contribution is -0.882. The lowest BCUT2D eigenvalue weighted by atomic mass is 9.83. The Morgan fingerprint density at radius 3 is 1.37 bits per heavy atom. The summed E-state index contributed by atoms with van der Waals surface area (Å²) < 4.78 is 5.79. The summed E-state index contributed by atoms with van der Waals surface area (Å²) in [4.78, 5) is 91.5. The van der Waals surface area contributed by atoms with E-state index in [0.717, 1.165) is 0 Å². The van der Waals surface area contributed by atoms with Crippen LogP contribution in [0.25, 0.3) is 0 Å². The number of halogens is 2. The van der Waals surface area contributed by atoms with Crippen molar-refractivity contribution in [3.63, 3.8) is 0 Å². The van der Waals surface area contributed by atoms with Gasteiger partial charge >= 0.3 is 0 Å². The van der Waals surface area contributed by atoms with Crippen LogP contribution in [0.1, 0.15) is 76.1 Å². The van der Waals surface area contributed by atoms with E-state index in [-0.39, 0.29) is 101 Å². The molecule has 1 aliphatic carbocycles. The molecular weight excluding hydrogens is 875 g/mol. The Hall–Kier alpha value is -6.53. The third-order valence-corrected chi connectivity index (χ3v) is 11.0. The zero-order valence-corrected chi connectivity index (χ0v) is 39.1. The number of hydrogen-bond donors (Lipinski definition) is 5. The Morgan fingerprint density at radius 1 is 0.508 bits per heavy atom. The quantitative estimate of drug-likeness (QED) is 0.0461. The van der Waals surface area contributed by atoms with Gasteiger partial charge in [0, 0.05) is 99.3 Å². The van der Waals surface area contributed by atoms with Crippen molar-refractivity contribution in [2.24, 2.45) is 21.1 Å². The lowest BCUT2D eigenvalue weighted by Gasteiger charge is -2.29. The summed E-state index contributed by atoms with van der Waals surface area (Å²) in [5.41, 5.74) is 3.48. The molecule has 65 heavy (non-hydrogen) atoms. The van der Waals surface area contributed by atoms with Crippen molar-refractivity contribution in [3.8, 4) is 0 Å². The first-order valence-corrected chi connectivity index (χ1v) is 20.7. The molecule has 19 heteroatoms. The van der Waals surface area contributed by atoms with Gasteiger partial charge in [-0.15, -0.1) is 0 Å². The number of rotatable bonds is 18. The zero-order valence-electron chi connectivity index (χ0n) is 37.6. The lowest BCUT2D eigenvalue weighted by Crippen LogP contribution is -3.00. The number of fused-ring (bicyclic) bond motifs is 2.